The molecule has 9 heteroatoms. The van der Waals surface area contributed by atoms with E-state index < -0.39 is 23.8 Å². The highest BCUT2D eigenvalue weighted by Crippen LogP contribution is 2.31. The molecule has 0 unspecified atom stereocenters. The fourth-order valence-electron chi connectivity index (χ4n) is 1.90. The molecule has 0 aliphatic carbocycles. The molecule has 1 atom stereocenters. The molecule has 0 fully saturated rings. The summed E-state index contributed by atoms with van der Waals surface area (Å²) in [5.41, 5.74) is -0.551. The third-order valence-electron chi connectivity index (χ3n) is 2.87. The van der Waals surface area contributed by atoms with E-state index in [2.05, 4.69) is 25.8 Å². The van der Waals surface area contributed by atoms with Crippen molar-refractivity contribution in [1.29, 1.82) is 0 Å². The van der Waals surface area contributed by atoms with Gasteiger partial charge < -0.3 is 10.6 Å². The summed E-state index contributed by atoms with van der Waals surface area (Å²) in [6.45, 7) is 2.12. The molecule has 0 radical (unpaired) electrons. The Morgan fingerprint density at radius 3 is 2.77 bits per heavy atom. The van der Waals surface area contributed by atoms with Crippen LogP contribution in [0.4, 0.5) is 18.0 Å². The van der Waals surface area contributed by atoms with Crippen LogP contribution in [0.15, 0.2) is 30.6 Å². The molecule has 0 aliphatic heterocycles. The number of aromatic amines is 1. The summed E-state index contributed by atoms with van der Waals surface area (Å²) in [5, 5.41) is 11.3. The Morgan fingerprint density at radius 2 is 2.18 bits per heavy atom. The molecule has 0 spiro atoms. The van der Waals surface area contributed by atoms with Crippen molar-refractivity contribution in [3.8, 4) is 0 Å². The second-order valence-electron chi connectivity index (χ2n) is 4.43. The van der Waals surface area contributed by atoms with Crippen molar-refractivity contribution in [2.45, 2.75) is 19.1 Å². The molecule has 1 aromatic carbocycles. The summed E-state index contributed by atoms with van der Waals surface area (Å²) >= 11 is 0. The highest BCUT2D eigenvalue weighted by Gasteiger charge is 2.31. The number of rotatable bonds is 4. The summed E-state index contributed by atoms with van der Waals surface area (Å²) < 4.78 is 38.5. The number of carbonyl (C=O) groups excluding carboxylic acids is 1. The van der Waals surface area contributed by atoms with Gasteiger partial charge in [0.2, 0.25) is 0 Å². The SMILES string of the molecule is CCNC(=O)N[C@@H](c1cccc(C(F)(F)F)c1)c1ncn[nH]1. The Balaban J connectivity index is 2.35. The maximum absolute atomic E-state index is 12.8. The summed E-state index contributed by atoms with van der Waals surface area (Å²) in [7, 11) is 0. The van der Waals surface area contributed by atoms with Crippen LogP contribution in [-0.4, -0.2) is 27.8 Å². The van der Waals surface area contributed by atoms with Crippen LogP contribution in [0.5, 0.6) is 0 Å². The van der Waals surface area contributed by atoms with Crippen molar-refractivity contribution < 1.29 is 18.0 Å². The summed E-state index contributed by atoms with van der Waals surface area (Å²) in [4.78, 5) is 15.6. The highest BCUT2D eigenvalue weighted by atomic mass is 19.4. The molecule has 1 aromatic heterocycles. The highest BCUT2D eigenvalue weighted by molar-refractivity contribution is 5.74. The van der Waals surface area contributed by atoms with E-state index in [0.717, 1.165) is 12.1 Å². The van der Waals surface area contributed by atoms with Crippen molar-refractivity contribution in [2.24, 2.45) is 0 Å². The van der Waals surface area contributed by atoms with Crippen LogP contribution < -0.4 is 10.6 Å². The topological polar surface area (TPSA) is 82.7 Å². The lowest BCUT2D eigenvalue weighted by Gasteiger charge is -2.18. The second kappa shape index (κ2) is 6.46. The van der Waals surface area contributed by atoms with Gasteiger partial charge in [0.15, 0.2) is 5.82 Å². The standard InChI is InChI=1S/C13H14F3N5O/c1-2-17-12(22)20-10(11-18-7-19-21-11)8-4-3-5-9(6-8)13(14,15)16/h3-7,10H,2H2,1H3,(H2,17,20,22)(H,18,19,21)/t10-/m0/s1. The van der Waals surface area contributed by atoms with E-state index >= 15 is 0 Å². The number of halogens is 3. The number of nitrogens with one attached hydrogen (secondary N) is 3. The number of amides is 2. The molecule has 6 nitrogen and oxygen atoms in total. The first-order chi connectivity index (χ1) is 10.4. The Morgan fingerprint density at radius 1 is 1.41 bits per heavy atom. The molecule has 2 amide bonds. The Hall–Kier alpha value is -2.58. The summed E-state index contributed by atoms with van der Waals surface area (Å²) in [6.07, 6.45) is -3.25. The van der Waals surface area contributed by atoms with Crippen molar-refractivity contribution >= 4 is 6.03 Å². The van der Waals surface area contributed by atoms with E-state index in [1.165, 1.54) is 18.5 Å². The zero-order valence-corrected chi connectivity index (χ0v) is 11.6. The van der Waals surface area contributed by atoms with E-state index in [9.17, 15) is 18.0 Å². The summed E-state index contributed by atoms with van der Waals surface area (Å²) in [6, 6.07) is 3.32. The fraction of sp³-hybridized carbons (Fsp3) is 0.308. The molecular weight excluding hydrogens is 299 g/mol. The first-order valence-electron chi connectivity index (χ1n) is 6.48. The number of nitrogens with zero attached hydrogens (tertiary/aromatic N) is 2. The van der Waals surface area contributed by atoms with E-state index in [4.69, 9.17) is 0 Å². The number of hydrogen-bond donors (Lipinski definition) is 3. The summed E-state index contributed by atoms with van der Waals surface area (Å²) in [5.74, 6) is 0.241. The number of urea groups is 1. The molecule has 1 heterocycles. The zero-order chi connectivity index (χ0) is 16.2. The van der Waals surface area contributed by atoms with Gasteiger partial charge in [-0.1, -0.05) is 12.1 Å². The van der Waals surface area contributed by atoms with E-state index in [1.54, 1.807) is 6.92 Å². The molecule has 22 heavy (non-hydrogen) atoms. The number of hydrogen-bond acceptors (Lipinski definition) is 3. The van der Waals surface area contributed by atoms with Gasteiger partial charge in [-0.05, 0) is 24.6 Å². The van der Waals surface area contributed by atoms with Crippen LogP contribution in [0.2, 0.25) is 0 Å². The average molecular weight is 313 g/mol. The van der Waals surface area contributed by atoms with Crippen molar-refractivity contribution in [3.63, 3.8) is 0 Å². The van der Waals surface area contributed by atoms with Crippen molar-refractivity contribution in [3.05, 3.63) is 47.5 Å². The van der Waals surface area contributed by atoms with Gasteiger partial charge in [-0.15, -0.1) is 0 Å². The minimum atomic E-state index is -4.46. The molecule has 2 rings (SSSR count). The smallest absolute Gasteiger partial charge is 0.338 e. The van der Waals surface area contributed by atoms with Gasteiger partial charge in [0, 0.05) is 6.54 Å². The van der Waals surface area contributed by atoms with Crippen LogP contribution in [0, 0.1) is 0 Å². The molecule has 2 aromatic rings. The number of benzene rings is 1. The molecule has 0 aliphatic rings. The predicted molar refractivity (Wildman–Crippen MR) is 71.9 cm³/mol. The number of carbonyl (C=O) groups is 1. The maximum Gasteiger partial charge on any atom is 0.416 e. The van der Waals surface area contributed by atoms with Crippen molar-refractivity contribution in [2.75, 3.05) is 6.54 Å². The van der Waals surface area contributed by atoms with Crippen LogP contribution in [-0.2, 0) is 6.18 Å². The Labute approximate surface area is 124 Å². The number of H-pyrrole nitrogens is 1. The first-order valence-corrected chi connectivity index (χ1v) is 6.48. The molecule has 0 saturated carbocycles. The van der Waals surface area contributed by atoms with Gasteiger partial charge in [0.05, 0.1) is 5.56 Å². The maximum atomic E-state index is 12.8. The number of alkyl halides is 3. The third-order valence-corrected chi connectivity index (χ3v) is 2.87. The van der Waals surface area contributed by atoms with E-state index in [-0.39, 0.29) is 11.4 Å². The van der Waals surface area contributed by atoms with E-state index in [0.29, 0.717) is 6.54 Å². The quantitative estimate of drug-likeness (QED) is 0.809. The molecular formula is C13H14F3N5O. The average Bonchev–Trinajstić information content (AvgIpc) is 2.98. The molecule has 0 saturated heterocycles. The van der Waals surface area contributed by atoms with Crippen molar-refractivity contribution in [1.82, 2.24) is 25.8 Å². The minimum Gasteiger partial charge on any atom is -0.338 e. The van der Waals surface area contributed by atoms with Gasteiger partial charge in [0.1, 0.15) is 12.4 Å². The van der Waals surface area contributed by atoms with Gasteiger partial charge in [0.25, 0.3) is 0 Å². The number of aromatic nitrogens is 3. The lowest BCUT2D eigenvalue weighted by Crippen LogP contribution is -2.38. The zero-order valence-electron chi connectivity index (χ0n) is 11.6. The van der Waals surface area contributed by atoms with Crippen LogP contribution in [0.1, 0.15) is 29.9 Å². The van der Waals surface area contributed by atoms with Gasteiger partial charge in [-0.2, -0.15) is 18.3 Å². The molecule has 0 bridgehead atoms. The molecule has 118 valence electrons. The second-order valence-corrected chi connectivity index (χ2v) is 4.43. The minimum absolute atomic E-state index is 0.241. The predicted octanol–water partition coefficient (Wildman–Crippen LogP) is 2.23. The lowest BCUT2D eigenvalue weighted by atomic mass is 10.0. The van der Waals surface area contributed by atoms with E-state index in [1.807, 2.05) is 0 Å². The van der Waals surface area contributed by atoms with Gasteiger partial charge in [-0.3, -0.25) is 5.10 Å². The van der Waals surface area contributed by atoms with Gasteiger partial charge in [-0.25, -0.2) is 9.78 Å². The monoisotopic (exact) mass is 313 g/mol. The lowest BCUT2D eigenvalue weighted by molar-refractivity contribution is -0.137. The largest absolute Gasteiger partial charge is 0.416 e. The van der Waals surface area contributed by atoms with Crippen LogP contribution in [0.25, 0.3) is 0 Å². The molecule has 3 N–H and O–H groups in total. The van der Waals surface area contributed by atoms with Crippen LogP contribution >= 0.6 is 0 Å². The Bertz CT molecular complexity index is 627. The van der Waals surface area contributed by atoms with Gasteiger partial charge >= 0.3 is 12.2 Å². The first kappa shape index (κ1) is 15.8. The van der Waals surface area contributed by atoms with Crippen LogP contribution in [0.3, 0.4) is 0 Å². The normalized spacial score (nSPS) is 12.7. The third kappa shape index (κ3) is 3.74. The Kier molecular flexibility index (Phi) is 4.64. The fourth-order valence-corrected chi connectivity index (χ4v) is 1.90.